The van der Waals surface area contributed by atoms with Crippen LogP contribution in [0.2, 0.25) is 0 Å². The van der Waals surface area contributed by atoms with Gasteiger partial charge in [0.1, 0.15) is 0 Å². The number of hydrogen-bond donors (Lipinski definition) is 0. The Morgan fingerprint density at radius 2 is 1.95 bits per heavy atom. The van der Waals surface area contributed by atoms with Crippen molar-refractivity contribution in [2.45, 2.75) is 33.2 Å². The van der Waals surface area contributed by atoms with E-state index in [1.54, 1.807) is 0 Å². The van der Waals surface area contributed by atoms with Gasteiger partial charge in [-0.05, 0) is 35.9 Å². The zero-order chi connectivity index (χ0) is 15.0. The molecule has 1 atom stereocenters. The molecular formula is C18H21NOS. The van der Waals surface area contributed by atoms with Crippen LogP contribution in [0.1, 0.15) is 41.5 Å². The maximum Gasteiger partial charge on any atom is 0.225 e. The molecule has 2 nitrogen and oxygen atoms in total. The van der Waals surface area contributed by atoms with Gasteiger partial charge in [-0.2, -0.15) is 0 Å². The first kappa shape index (κ1) is 14.3. The van der Waals surface area contributed by atoms with E-state index in [0.29, 0.717) is 0 Å². The summed E-state index contributed by atoms with van der Waals surface area (Å²) in [7, 11) is 0. The Morgan fingerprint density at radius 3 is 2.62 bits per heavy atom. The van der Waals surface area contributed by atoms with Crippen LogP contribution < -0.4 is 0 Å². The Bertz CT molecular complexity index is 641. The van der Waals surface area contributed by atoms with Crippen LogP contribution in [0.3, 0.4) is 0 Å². The van der Waals surface area contributed by atoms with E-state index in [0.717, 1.165) is 13.0 Å². The Balaban J connectivity index is 2.06. The Hall–Kier alpha value is -1.61. The van der Waals surface area contributed by atoms with Gasteiger partial charge >= 0.3 is 0 Å². The van der Waals surface area contributed by atoms with Crippen molar-refractivity contribution >= 4 is 17.2 Å². The summed E-state index contributed by atoms with van der Waals surface area (Å²) >= 11 is 1.81. The lowest BCUT2D eigenvalue weighted by Crippen LogP contribution is -2.42. The van der Waals surface area contributed by atoms with Crippen LogP contribution in [0.5, 0.6) is 0 Å². The second-order valence-electron chi connectivity index (χ2n) is 6.05. The zero-order valence-corrected chi connectivity index (χ0v) is 13.6. The first-order valence-electron chi connectivity index (χ1n) is 7.51. The standard InChI is InChI=1S/C18H21NOS/c1-12(2)18(20)19-10-8-16-15(9-11-21-16)17(19)14-6-4-13(3)5-7-14/h4-7,9,11-12,17H,8,10H2,1-3H3/t17-/m0/s1. The van der Waals surface area contributed by atoms with Crippen molar-refractivity contribution < 1.29 is 4.79 Å². The minimum Gasteiger partial charge on any atom is -0.331 e. The molecule has 0 saturated carbocycles. The predicted octanol–water partition coefficient (Wildman–Crippen LogP) is 4.19. The van der Waals surface area contributed by atoms with Gasteiger partial charge in [0, 0.05) is 17.3 Å². The summed E-state index contributed by atoms with van der Waals surface area (Å²) in [6.45, 7) is 6.89. The van der Waals surface area contributed by atoms with Crippen molar-refractivity contribution in [3.63, 3.8) is 0 Å². The van der Waals surface area contributed by atoms with Crippen LogP contribution in [0.25, 0.3) is 0 Å². The van der Waals surface area contributed by atoms with E-state index >= 15 is 0 Å². The molecule has 1 aliphatic heterocycles. The van der Waals surface area contributed by atoms with Gasteiger partial charge in [0.15, 0.2) is 0 Å². The molecule has 0 radical (unpaired) electrons. The number of carbonyl (C=O) groups excluding carboxylic acids is 1. The number of carbonyl (C=O) groups is 1. The van der Waals surface area contributed by atoms with Gasteiger partial charge in [0.2, 0.25) is 5.91 Å². The average Bonchev–Trinajstić information content (AvgIpc) is 2.94. The Morgan fingerprint density at radius 1 is 1.24 bits per heavy atom. The number of nitrogens with zero attached hydrogens (tertiary/aromatic N) is 1. The molecular weight excluding hydrogens is 278 g/mol. The molecule has 2 aromatic rings. The number of fused-ring (bicyclic) bond motifs is 1. The molecule has 0 bridgehead atoms. The summed E-state index contributed by atoms with van der Waals surface area (Å²) in [4.78, 5) is 16.1. The summed E-state index contributed by atoms with van der Waals surface area (Å²) in [5.74, 6) is 0.288. The topological polar surface area (TPSA) is 20.3 Å². The van der Waals surface area contributed by atoms with Gasteiger partial charge < -0.3 is 4.90 Å². The number of thiophene rings is 1. The number of amides is 1. The van der Waals surface area contributed by atoms with E-state index < -0.39 is 0 Å². The van der Waals surface area contributed by atoms with Crippen molar-refractivity contribution in [3.8, 4) is 0 Å². The van der Waals surface area contributed by atoms with Crippen LogP contribution >= 0.6 is 11.3 Å². The lowest BCUT2D eigenvalue weighted by atomic mass is 9.92. The highest BCUT2D eigenvalue weighted by atomic mass is 32.1. The van der Waals surface area contributed by atoms with Crippen LogP contribution in [0, 0.1) is 12.8 Å². The second kappa shape index (κ2) is 5.64. The zero-order valence-electron chi connectivity index (χ0n) is 12.8. The molecule has 1 aromatic heterocycles. The summed E-state index contributed by atoms with van der Waals surface area (Å²) in [5, 5.41) is 2.15. The predicted molar refractivity (Wildman–Crippen MR) is 87.6 cm³/mol. The maximum absolute atomic E-state index is 12.6. The number of rotatable bonds is 2. The summed E-state index contributed by atoms with van der Waals surface area (Å²) < 4.78 is 0. The SMILES string of the molecule is Cc1ccc([C@H]2c3ccsc3CCN2C(=O)C(C)C)cc1. The molecule has 1 aromatic carbocycles. The lowest BCUT2D eigenvalue weighted by molar-refractivity contribution is -0.136. The molecule has 0 spiro atoms. The Kier molecular flexibility index (Phi) is 3.85. The molecule has 1 amide bonds. The second-order valence-corrected chi connectivity index (χ2v) is 7.05. The molecule has 0 N–H and O–H groups in total. The van der Waals surface area contributed by atoms with Crippen molar-refractivity contribution in [1.82, 2.24) is 4.90 Å². The fourth-order valence-electron chi connectivity index (χ4n) is 2.99. The summed E-state index contributed by atoms with van der Waals surface area (Å²) in [6.07, 6.45) is 0.980. The smallest absolute Gasteiger partial charge is 0.225 e. The fourth-order valence-corrected chi connectivity index (χ4v) is 3.90. The molecule has 1 aliphatic rings. The van der Waals surface area contributed by atoms with Gasteiger partial charge in [-0.1, -0.05) is 43.7 Å². The van der Waals surface area contributed by atoms with Crippen molar-refractivity contribution in [2.24, 2.45) is 5.92 Å². The molecule has 3 rings (SSSR count). The van der Waals surface area contributed by atoms with Crippen LogP contribution in [0.4, 0.5) is 0 Å². The highest BCUT2D eigenvalue weighted by molar-refractivity contribution is 7.10. The van der Waals surface area contributed by atoms with Crippen LogP contribution in [0.15, 0.2) is 35.7 Å². The summed E-state index contributed by atoms with van der Waals surface area (Å²) in [5.41, 5.74) is 3.78. The van der Waals surface area contributed by atoms with Crippen molar-refractivity contribution in [1.29, 1.82) is 0 Å². The minimum absolute atomic E-state index is 0.0399. The third-order valence-corrected chi connectivity index (χ3v) is 5.13. The van der Waals surface area contributed by atoms with Crippen LogP contribution in [-0.4, -0.2) is 17.4 Å². The van der Waals surface area contributed by atoms with Gasteiger partial charge in [0.25, 0.3) is 0 Å². The molecule has 0 fully saturated rings. The Labute approximate surface area is 130 Å². The van der Waals surface area contributed by atoms with Gasteiger partial charge in [-0.15, -0.1) is 11.3 Å². The molecule has 0 saturated heterocycles. The number of aryl methyl sites for hydroxylation is 1. The molecule has 0 aliphatic carbocycles. The molecule has 0 unspecified atom stereocenters. The first-order chi connectivity index (χ1) is 10.1. The van der Waals surface area contributed by atoms with Gasteiger partial charge in [0.05, 0.1) is 6.04 Å². The molecule has 21 heavy (non-hydrogen) atoms. The highest BCUT2D eigenvalue weighted by Gasteiger charge is 2.33. The van der Waals surface area contributed by atoms with Crippen LogP contribution in [-0.2, 0) is 11.2 Å². The van der Waals surface area contributed by atoms with E-state index in [2.05, 4.69) is 47.5 Å². The molecule has 2 heterocycles. The van der Waals surface area contributed by atoms with Gasteiger partial charge in [-0.25, -0.2) is 0 Å². The van der Waals surface area contributed by atoms with Crippen molar-refractivity contribution in [3.05, 3.63) is 57.3 Å². The summed E-state index contributed by atoms with van der Waals surface area (Å²) in [6, 6.07) is 10.9. The lowest BCUT2D eigenvalue weighted by Gasteiger charge is -2.37. The quantitative estimate of drug-likeness (QED) is 0.814. The van der Waals surface area contributed by atoms with E-state index in [9.17, 15) is 4.79 Å². The fraction of sp³-hybridized carbons (Fsp3) is 0.389. The third-order valence-electron chi connectivity index (χ3n) is 4.14. The number of benzene rings is 1. The molecule has 3 heteroatoms. The van der Waals surface area contributed by atoms with E-state index in [4.69, 9.17) is 0 Å². The first-order valence-corrected chi connectivity index (χ1v) is 8.39. The van der Waals surface area contributed by atoms with E-state index in [1.165, 1.54) is 21.6 Å². The maximum atomic E-state index is 12.6. The largest absolute Gasteiger partial charge is 0.331 e. The van der Waals surface area contributed by atoms with Crippen molar-refractivity contribution in [2.75, 3.05) is 6.54 Å². The van der Waals surface area contributed by atoms with E-state index in [-0.39, 0.29) is 17.9 Å². The highest BCUT2D eigenvalue weighted by Crippen LogP contribution is 2.38. The molecule has 110 valence electrons. The third kappa shape index (κ3) is 2.62. The monoisotopic (exact) mass is 299 g/mol. The van der Waals surface area contributed by atoms with Gasteiger partial charge in [-0.3, -0.25) is 4.79 Å². The normalized spacial score (nSPS) is 17.9. The minimum atomic E-state index is 0.0399. The average molecular weight is 299 g/mol. The number of hydrogen-bond acceptors (Lipinski definition) is 2. The van der Waals surface area contributed by atoms with E-state index in [1.807, 2.05) is 25.2 Å².